The monoisotopic (exact) mass is 494 g/mol. The molecule has 22 valence electrons. The van der Waals surface area contributed by atoms with Crippen molar-refractivity contribution in [1.29, 1.82) is 0 Å². The summed E-state index contributed by atoms with van der Waals surface area (Å²) >= 11 is 0. The molecule has 0 bridgehead atoms. The van der Waals surface area contributed by atoms with Crippen molar-refractivity contribution in [3.8, 4) is 0 Å². The first-order valence-corrected chi connectivity index (χ1v) is 0. The quantitative estimate of drug-likeness (QED) is 0.405. The molecule has 4 radical (unpaired) electrons. The normalized spacial score (nSPS) is 0. The maximum Gasteiger partial charge on any atom is 0 e. The van der Waals surface area contributed by atoms with Crippen LogP contribution in [-0.2, 0) is 16.8 Å². The van der Waals surface area contributed by atoms with Gasteiger partial charge in [0.05, 0.1) is 0 Å². The van der Waals surface area contributed by atoms with E-state index in [0.717, 1.165) is 0 Å². The maximum atomic E-state index is 0. The number of rotatable bonds is 0. The molecule has 4 heavy (non-hydrogen) atoms. The first kappa shape index (κ1) is 23.5. The molecule has 0 rings (SSSR count). The summed E-state index contributed by atoms with van der Waals surface area (Å²) in [6.07, 6.45) is 0. The van der Waals surface area contributed by atoms with Gasteiger partial charge in [-0.3, -0.25) is 0 Å². The van der Waals surface area contributed by atoms with E-state index in [-0.39, 0.29) is 141 Å². The van der Waals surface area contributed by atoms with Gasteiger partial charge in [-0.25, -0.2) is 0 Å². The van der Waals surface area contributed by atoms with Gasteiger partial charge in [-0.15, -0.1) is 0 Å². The Labute approximate surface area is 137 Å². The second-order valence-electron chi connectivity index (χ2n) is 0. The Balaban J connectivity index is 0. The fourth-order valence-electron chi connectivity index (χ4n) is 0. The van der Waals surface area contributed by atoms with Crippen LogP contribution in [0.5, 0.6) is 0 Å². The number of hydrogen-bond acceptors (Lipinski definition) is 0. The van der Waals surface area contributed by atoms with Crippen molar-refractivity contribution in [3.63, 3.8) is 0 Å². The van der Waals surface area contributed by atoms with Gasteiger partial charge < -0.3 is 0 Å². The molecule has 0 aliphatic heterocycles. The molecule has 0 saturated carbocycles. The third-order valence-corrected chi connectivity index (χ3v) is 0. The van der Waals surface area contributed by atoms with Crippen molar-refractivity contribution in [3.05, 3.63) is 0 Å². The van der Waals surface area contributed by atoms with Crippen LogP contribution in [0.3, 0.4) is 0 Å². The van der Waals surface area contributed by atoms with E-state index in [1.54, 1.807) is 0 Å². The van der Waals surface area contributed by atoms with Gasteiger partial charge in [0, 0.05) is 141 Å². The summed E-state index contributed by atoms with van der Waals surface area (Å²) in [6, 6.07) is 0. The third kappa shape index (κ3) is 9.78. The van der Waals surface area contributed by atoms with Gasteiger partial charge in [-0.2, -0.15) is 0 Å². The molecule has 0 aromatic heterocycles. The SMILES string of the molecule is [Ba].[Co].[Gd].[La]. The van der Waals surface area contributed by atoms with Gasteiger partial charge >= 0.3 is 0 Å². The van der Waals surface area contributed by atoms with Crippen LogP contribution in [0.25, 0.3) is 0 Å². The Kier molecular flexibility index (Phi) is 91.8. The van der Waals surface area contributed by atoms with Gasteiger partial charge in [-0.05, 0) is 0 Å². The summed E-state index contributed by atoms with van der Waals surface area (Å²) in [5, 5.41) is 0. The van der Waals surface area contributed by atoms with Crippen molar-refractivity contribution in [2.75, 3.05) is 0 Å². The first-order valence-electron chi connectivity index (χ1n) is 0. The molecule has 0 amide bonds. The van der Waals surface area contributed by atoms with Gasteiger partial charge in [0.2, 0.25) is 0 Å². The van der Waals surface area contributed by atoms with E-state index < -0.39 is 0 Å². The van der Waals surface area contributed by atoms with Crippen LogP contribution in [0.2, 0.25) is 0 Å². The second-order valence-corrected chi connectivity index (χ2v) is 0. The summed E-state index contributed by atoms with van der Waals surface area (Å²) in [4.78, 5) is 0. The minimum Gasteiger partial charge on any atom is 0 e. The molecule has 0 heterocycles. The predicted octanol–water partition coefficient (Wildman–Crippen LogP) is -0.383. The zero-order valence-corrected chi connectivity index (χ0v) is 13.3. The van der Waals surface area contributed by atoms with Crippen LogP contribution in [0, 0.1) is 75.5 Å². The fraction of sp³-hybridized carbons (Fsp3) is 0. The van der Waals surface area contributed by atoms with Crippen LogP contribution in [0.15, 0.2) is 0 Å². The van der Waals surface area contributed by atoms with Crippen LogP contribution in [-0.4, -0.2) is 48.9 Å². The van der Waals surface area contributed by atoms with E-state index in [9.17, 15) is 0 Å². The van der Waals surface area contributed by atoms with Crippen molar-refractivity contribution in [2.45, 2.75) is 0 Å². The zero-order valence-electron chi connectivity index (χ0n) is 1.97. The van der Waals surface area contributed by atoms with Gasteiger partial charge in [0.25, 0.3) is 0 Å². The van der Waals surface area contributed by atoms with E-state index in [1.165, 1.54) is 0 Å². The van der Waals surface area contributed by atoms with Crippen LogP contribution >= 0.6 is 0 Å². The molecule has 0 N–H and O–H groups in total. The predicted molar refractivity (Wildman–Crippen MR) is 5.75 cm³/mol. The first-order chi connectivity index (χ1) is 0. The molecule has 0 aromatic carbocycles. The second kappa shape index (κ2) is 15.6. The molecule has 0 fully saturated rings. The molecule has 0 spiro atoms. The van der Waals surface area contributed by atoms with E-state index >= 15 is 0 Å². The smallest absolute Gasteiger partial charge is 0 e. The molecular weight excluding hydrogens is 492 g/mol. The topological polar surface area (TPSA) is 0 Å². The Hall–Kier alpha value is 4.60. The molecule has 0 atom stereocenters. The Morgan fingerprint density at radius 2 is 1.00 bits per heavy atom. The van der Waals surface area contributed by atoms with Crippen molar-refractivity contribution in [1.82, 2.24) is 0 Å². The van der Waals surface area contributed by atoms with Crippen molar-refractivity contribution >= 4 is 48.9 Å². The van der Waals surface area contributed by atoms with Crippen molar-refractivity contribution in [2.24, 2.45) is 0 Å². The average Bonchev–Trinajstić information content (AvgIpc) is 0. The molecule has 0 saturated heterocycles. The van der Waals surface area contributed by atoms with Crippen LogP contribution in [0.4, 0.5) is 0 Å². The van der Waals surface area contributed by atoms with Gasteiger partial charge in [0.1, 0.15) is 0 Å². The molecule has 0 unspecified atom stereocenters. The molecule has 0 nitrogen and oxygen atoms in total. The molecule has 0 aliphatic rings. The molecule has 4 heteroatoms. The molecule has 0 aromatic rings. The Morgan fingerprint density at radius 3 is 1.00 bits per heavy atom. The van der Waals surface area contributed by atoms with E-state index in [0.29, 0.717) is 0 Å². The molecular formula is BaCoGdLa. The molecule has 0 aliphatic carbocycles. The summed E-state index contributed by atoms with van der Waals surface area (Å²) in [5.74, 6) is 0. The average molecular weight is 492 g/mol. The van der Waals surface area contributed by atoms with Crippen LogP contribution in [0.1, 0.15) is 0 Å². The van der Waals surface area contributed by atoms with Gasteiger partial charge in [-0.1, -0.05) is 0 Å². The van der Waals surface area contributed by atoms with Gasteiger partial charge in [0.15, 0.2) is 0 Å². The fourth-order valence-corrected chi connectivity index (χ4v) is 0. The van der Waals surface area contributed by atoms with Crippen LogP contribution < -0.4 is 0 Å². The standard InChI is InChI=1S/Ba.Co.Gd.La. The minimum absolute atomic E-state index is 0. The van der Waals surface area contributed by atoms with E-state index in [2.05, 4.69) is 0 Å². The van der Waals surface area contributed by atoms with E-state index in [1.807, 2.05) is 0 Å². The van der Waals surface area contributed by atoms with Crippen molar-refractivity contribution < 1.29 is 92.3 Å². The number of hydrogen-bond donors (Lipinski definition) is 0. The summed E-state index contributed by atoms with van der Waals surface area (Å²) in [6.45, 7) is 0. The Morgan fingerprint density at radius 1 is 1.00 bits per heavy atom. The maximum absolute atomic E-state index is 0. The third-order valence-electron chi connectivity index (χ3n) is 0. The summed E-state index contributed by atoms with van der Waals surface area (Å²) < 4.78 is 0. The van der Waals surface area contributed by atoms with E-state index in [4.69, 9.17) is 0 Å². The largest absolute Gasteiger partial charge is 0 e. The zero-order chi connectivity index (χ0) is 0. The minimum atomic E-state index is 0. The Bertz CT molecular complexity index is 8.00. The summed E-state index contributed by atoms with van der Waals surface area (Å²) in [7, 11) is 0. The summed E-state index contributed by atoms with van der Waals surface area (Å²) in [5.41, 5.74) is 0.